The Morgan fingerprint density at radius 3 is 2.42 bits per heavy atom. The van der Waals surface area contributed by atoms with Crippen molar-refractivity contribution in [3.63, 3.8) is 0 Å². The standard InChI is InChI=1S/C24H26N4O5/c1-24(2,3)33-22(30)25-14-20(16-8-5-4-6-9-16)21(29)27-19-11-7-10-17(12-19)18-13-26-28(15-18)23(31)32/h4-13,15,20H,14H2,1-3H3,(H,25,30)(H,27,29)(H,31,32). The molecule has 1 heterocycles. The molecule has 0 saturated carbocycles. The van der Waals surface area contributed by atoms with E-state index in [0.717, 1.165) is 10.2 Å². The second-order valence-electron chi connectivity index (χ2n) is 8.37. The van der Waals surface area contributed by atoms with Gasteiger partial charge in [0.15, 0.2) is 0 Å². The molecule has 2 aromatic carbocycles. The lowest BCUT2D eigenvalue weighted by Crippen LogP contribution is -2.37. The van der Waals surface area contributed by atoms with Crippen LogP contribution in [0.2, 0.25) is 0 Å². The highest BCUT2D eigenvalue weighted by Gasteiger charge is 2.23. The second-order valence-corrected chi connectivity index (χ2v) is 8.37. The van der Waals surface area contributed by atoms with Crippen LogP contribution >= 0.6 is 0 Å². The lowest BCUT2D eigenvalue weighted by molar-refractivity contribution is -0.117. The van der Waals surface area contributed by atoms with Crippen molar-refractivity contribution in [3.05, 3.63) is 72.6 Å². The molecule has 0 radical (unpaired) electrons. The molecule has 3 aromatic rings. The third kappa shape index (κ3) is 6.67. The van der Waals surface area contributed by atoms with Gasteiger partial charge >= 0.3 is 12.2 Å². The molecule has 0 fully saturated rings. The van der Waals surface area contributed by atoms with Crippen LogP contribution in [-0.4, -0.2) is 45.1 Å². The van der Waals surface area contributed by atoms with E-state index in [0.29, 0.717) is 16.8 Å². The van der Waals surface area contributed by atoms with Gasteiger partial charge in [0.2, 0.25) is 5.91 Å². The lowest BCUT2D eigenvalue weighted by Gasteiger charge is -2.22. The van der Waals surface area contributed by atoms with Gasteiger partial charge in [0, 0.05) is 24.0 Å². The molecule has 3 rings (SSSR count). The summed E-state index contributed by atoms with van der Waals surface area (Å²) in [5.41, 5.74) is 1.91. The summed E-state index contributed by atoms with van der Waals surface area (Å²) in [4.78, 5) is 36.3. The summed E-state index contributed by atoms with van der Waals surface area (Å²) in [6.45, 7) is 5.35. The van der Waals surface area contributed by atoms with E-state index < -0.39 is 23.7 Å². The highest BCUT2D eigenvalue weighted by Crippen LogP contribution is 2.24. The maximum atomic E-state index is 13.2. The van der Waals surface area contributed by atoms with Crippen molar-refractivity contribution in [2.24, 2.45) is 0 Å². The monoisotopic (exact) mass is 450 g/mol. The van der Waals surface area contributed by atoms with Gasteiger partial charge in [-0.05, 0) is 44.0 Å². The normalized spacial score (nSPS) is 12.0. The fourth-order valence-electron chi connectivity index (χ4n) is 3.13. The molecule has 1 atom stereocenters. The predicted molar refractivity (Wildman–Crippen MR) is 123 cm³/mol. The van der Waals surface area contributed by atoms with Crippen molar-refractivity contribution in [2.45, 2.75) is 32.3 Å². The fourth-order valence-corrected chi connectivity index (χ4v) is 3.13. The van der Waals surface area contributed by atoms with Gasteiger partial charge in [-0.25, -0.2) is 9.59 Å². The number of hydrogen-bond donors (Lipinski definition) is 3. The minimum atomic E-state index is -1.19. The van der Waals surface area contributed by atoms with Gasteiger partial charge in [-0.3, -0.25) is 4.79 Å². The molecule has 0 aliphatic rings. The van der Waals surface area contributed by atoms with Crippen LogP contribution in [0.1, 0.15) is 32.3 Å². The second kappa shape index (κ2) is 9.99. The third-order valence-corrected chi connectivity index (χ3v) is 4.61. The number of hydrogen-bond acceptors (Lipinski definition) is 5. The predicted octanol–water partition coefficient (Wildman–Crippen LogP) is 4.32. The van der Waals surface area contributed by atoms with Crippen LogP contribution < -0.4 is 10.6 Å². The summed E-state index contributed by atoms with van der Waals surface area (Å²) >= 11 is 0. The number of aromatic nitrogens is 2. The van der Waals surface area contributed by atoms with Crippen LogP contribution in [-0.2, 0) is 9.53 Å². The van der Waals surface area contributed by atoms with Crippen molar-refractivity contribution in [1.29, 1.82) is 0 Å². The molecule has 172 valence electrons. The number of benzene rings is 2. The van der Waals surface area contributed by atoms with Crippen molar-refractivity contribution in [2.75, 3.05) is 11.9 Å². The molecule has 3 N–H and O–H groups in total. The van der Waals surface area contributed by atoms with E-state index in [1.165, 1.54) is 12.4 Å². The van der Waals surface area contributed by atoms with E-state index >= 15 is 0 Å². The number of carbonyl (C=O) groups is 3. The molecule has 1 aromatic heterocycles. The van der Waals surface area contributed by atoms with Crippen molar-refractivity contribution in [3.8, 4) is 11.1 Å². The number of carboxylic acid groups (broad SMARTS) is 1. The minimum absolute atomic E-state index is 0.0514. The number of nitrogens with one attached hydrogen (secondary N) is 2. The Morgan fingerprint density at radius 1 is 1.06 bits per heavy atom. The summed E-state index contributed by atoms with van der Waals surface area (Å²) in [6, 6.07) is 16.1. The molecule has 9 heteroatoms. The summed E-state index contributed by atoms with van der Waals surface area (Å²) in [7, 11) is 0. The van der Waals surface area contributed by atoms with Gasteiger partial charge in [0.25, 0.3) is 0 Å². The van der Waals surface area contributed by atoms with Crippen molar-refractivity contribution < 1.29 is 24.2 Å². The smallest absolute Gasteiger partial charge is 0.432 e. The fraction of sp³-hybridized carbons (Fsp3) is 0.250. The van der Waals surface area contributed by atoms with E-state index in [1.807, 2.05) is 30.3 Å². The van der Waals surface area contributed by atoms with Crippen molar-refractivity contribution >= 4 is 23.8 Å². The third-order valence-electron chi connectivity index (χ3n) is 4.61. The topological polar surface area (TPSA) is 123 Å². The first-order valence-corrected chi connectivity index (χ1v) is 10.3. The van der Waals surface area contributed by atoms with Crippen LogP contribution in [0.3, 0.4) is 0 Å². The Labute approximate surface area is 191 Å². The molecule has 33 heavy (non-hydrogen) atoms. The molecule has 0 aliphatic carbocycles. The molecule has 1 unspecified atom stereocenters. The highest BCUT2D eigenvalue weighted by molar-refractivity contribution is 5.96. The maximum Gasteiger partial charge on any atom is 0.432 e. The Morgan fingerprint density at radius 2 is 1.79 bits per heavy atom. The number of anilines is 1. The van der Waals surface area contributed by atoms with Gasteiger partial charge in [-0.15, -0.1) is 0 Å². The number of amides is 2. The number of rotatable bonds is 6. The lowest BCUT2D eigenvalue weighted by atomic mass is 9.98. The van der Waals surface area contributed by atoms with E-state index in [2.05, 4.69) is 15.7 Å². The van der Waals surface area contributed by atoms with Gasteiger partial charge in [0.1, 0.15) is 5.60 Å². The van der Waals surface area contributed by atoms with E-state index in [1.54, 1.807) is 45.0 Å². The summed E-state index contributed by atoms with van der Waals surface area (Å²) < 4.78 is 6.09. The van der Waals surface area contributed by atoms with E-state index in [-0.39, 0.29) is 12.5 Å². The molecule has 0 saturated heterocycles. The largest absolute Gasteiger partial charge is 0.463 e. The Kier molecular flexibility index (Phi) is 7.12. The summed E-state index contributed by atoms with van der Waals surface area (Å²) in [5.74, 6) is -0.965. The zero-order chi connectivity index (χ0) is 24.0. The first-order chi connectivity index (χ1) is 15.6. The first kappa shape index (κ1) is 23.5. The molecule has 9 nitrogen and oxygen atoms in total. The van der Waals surface area contributed by atoms with Gasteiger partial charge in [-0.2, -0.15) is 9.78 Å². The quantitative estimate of drug-likeness (QED) is 0.514. The number of carbonyl (C=O) groups excluding carboxylic acids is 2. The summed E-state index contributed by atoms with van der Waals surface area (Å²) in [6.07, 6.45) is 1.04. The zero-order valence-electron chi connectivity index (χ0n) is 18.6. The van der Waals surface area contributed by atoms with Gasteiger partial charge in [-0.1, -0.05) is 42.5 Å². The Balaban J connectivity index is 1.76. The number of nitrogens with zero attached hydrogens (tertiary/aromatic N) is 2. The van der Waals surface area contributed by atoms with Crippen LogP contribution in [0.25, 0.3) is 11.1 Å². The van der Waals surface area contributed by atoms with Crippen LogP contribution in [0.15, 0.2) is 67.0 Å². The molecule has 0 spiro atoms. The average molecular weight is 450 g/mol. The zero-order valence-corrected chi connectivity index (χ0v) is 18.6. The Bertz CT molecular complexity index is 1140. The minimum Gasteiger partial charge on any atom is -0.463 e. The van der Waals surface area contributed by atoms with Gasteiger partial charge in [0.05, 0.1) is 12.1 Å². The SMILES string of the molecule is CC(C)(C)OC(=O)NCC(C(=O)Nc1cccc(-c2cnn(C(=O)O)c2)c1)c1ccccc1. The van der Waals surface area contributed by atoms with Gasteiger partial charge < -0.3 is 20.5 Å². The van der Waals surface area contributed by atoms with Crippen LogP contribution in [0, 0.1) is 0 Å². The maximum absolute atomic E-state index is 13.2. The number of alkyl carbamates (subject to hydrolysis) is 1. The van der Waals surface area contributed by atoms with Crippen LogP contribution in [0.5, 0.6) is 0 Å². The van der Waals surface area contributed by atoms with Crippen LogP contribution in [0.4, 0.5) is 15.3 Å². The van der Waals surface area contributed by atoms with Crippen molar-refractivity contribution in [1.82, 2.24) is 15.1 Å². The molecule has 2 amide bonds. The molecular weight excluding hydrogens is 424 g/mol. The number of ether oxygens (including phenoxy) is 1. The summed E-state index contributed by atoms with van der Waals surface area (Å²) in [5, 5.41) is 18.4. The molecule has 0 bridgehead atoms. The molecular formula is C24H26N4O5. The first-order valence-electron chi connectivity index (χ1n) is 10.3. The highest BCUT2D eigenvalue weighted by atomic mass is 16.6. The van der Waals surface area contributed by atoms with E-state index in [9.17, 15) is 14.4 Å². The molecule has 0 aliphatic heterocycles. The average Bonchev–Trinajstić information content (AvgIpc) is 3.24. The van der Waals surface area contributed by atoms with E-state index in [4.69, 9.17) is 9.84 Å². The Hall–Kier alpha value is -4.14.